The molecule has 1 aromatic heterocycles. The number of aromatic nitrogens is 1. The van der Waals surface area contributed by atoms with Crippen LogP contribution in [0.3, 0.4) is 0 Å². The van der Waals surface area contributed by atoms with E-state index in [9.17, 15) is 14.7 Å². The smallest absolute Gasteiger partial charge is 0.355 e. The molecule has 0 saturated carbocycles. The van der Waals surface area contributed by atoms with Crippen LogP contribution in [0.25, 0.3) is 0 Å². The molecule has 2 N–H and O–H groups in total. The van der Waals surface area contributed by atoms with E-state index in [4.69, 9.17) is 10.1 Å². The van der Waals surface area contributed by atoms with E-state index in [0.29, 0.717) is 5.69 Å². The minimum Gasteiger partial charge on any atom is -0.508 e. The maximum atomic E-state index is 11.7. The number of esters is 1. The van der Waals surface area contributed by atoms with E-state index in [2.05, 4.69) is 0 Å². The fourth-order valence-corrected chi connectivity index (χ4v) is 1.64. The summed E-state index contributed by atoms with van der Waals surface area (Å²) in [6.07, 6.45) is 1.69. The van der Waals surface area contributed by atoms with E-state index in [0.717, 1.165) is 0 Å². The van der Waals surface area contributed by atoms with Gasteiger partial charge in [0, 0.05) is 19.0 Å². The van der Waals surface area contributed by atoms with Crippen molar-refractivity contribution in [2.24, 2.45) is 7.05 Å². The second kappa shape index (κ2) is 5.99. The number of rotatable bonds is 5. The Kier molecular flexibility index (Phi) is 4.63. The maximum Gasteiger partial charge on any atom is 0.355 e. The lowest BCUT2D eigenvalue weighted by atomic mass is 10.1. The molecule has 0 aliphatic heterocycles. The van der Waals surface area contributed by atoms with Crippen molar-refractivity contribution < 1.29 is 19.4 Å². The maximum absolute atomic E-state index is 11.7. The van der Waals surface area contributed by atoms with Crippen LogP contribution in [0.1, 0.15) is 24.3 Å². The molecule has 6 nitrogen and oxygen atoms in total. The van der Waals surface area contributed by atoms with Gasteiger partial charge < -0.3 is 19.8 Å². The van der Waals surface area contributed by atoms with Crippen molar-refractivity contribution in [3.63, 3.8) is 0 Å². The predicted octanol–water partition coefficient (Wildman–Crippen LogP) is 1.62. The van der Waals surface area contributed by atoms with Gasteiger partial charge in [-0.1, -0.05) is 0 Å². The Bertz CT molecular complexity index is 539. The van der Waals surface area contributed by atoms with Gasteiger partial charge in [0.1, 0.15) is 18.1 Å². The van der Waals surface area contributed by atoms with Crippen LogP contribution < -0.4 is 0 Å². The zero-order valence-corrected chi connectivity index (χ0v) is 11.1. The molecule has 1 rings (SSSR count). The number of carbonyl (C=O) groups excluding carboxylic acids is 2. The van der Waals surface area contributed by atoms with Gasteiger partial charge in [-0.15, -0.1) is 0 Å². The van der Waals surface area contributed by atoms with Crippen LogP contribution in [0.15, 0.2) is 29.7 Å². The predicted molar refractivity (Wildman–Crippen MR) is 69.4 cm³/mol. The van der Waals surface area contributed by atoms with Gasteiger partial charge in [-0.2, -0.15) is 0 Å². The van der Waals surface area contributed by atoms with Crippen molar-refractivity contribution in [1.82, 2.24) is 4.57 Å². The number of hydrogen-bond acceptors (Lipinski definition) is 5. The number of aliphatic hydroxyl groups is 1. The number of allylic oxidation sites excluding steroid dienone is 1. The summed E-state index contributed by atoms with van der Waals surface area (Å²) in [5, 5.41) is 17.1. The molecule has 0 atom stereocenters. The number of carbonyl (C=O) groups is 2. The minimum absolute atomic E-state index is 0.0695. The topological polar surface area (TPSA) is 92.4 Å². The lowest BCUT2D eigenvalue weighted by Crippen LogP contribution is -2.16. The zero-order chi connectivity index (χ0) is 14.6. The monoisotopic (exact) mass is 264 g/mol. The first-order valence-corrected chi connectivity index (χ1v) is 5.61. The fraction of sp³-hybridized carbons (Fsp3) is 0.308. The summed E-state index contributed by atoms with van der Waals surface area (Å²) >= 11 is 0. The summed E-state index contributed by atoms with van der Waals surface area (Å²) in [4.78, 5) is 22.9. The number of nitrogens with zero attached hydrogens (tertiary/aromatic N) is 1. The molecule has 0 aromatic carbocycles. The summed E-state index contributed by atoms with van der Waals surface area (Å²) in [5.74, 6) is -1.47. The van der Waals surface area contributed by atoms with Crippen molar-refractivity contribution in [2.75, 3.05) is 6.61 Å². The van der Waals surface area contributed by atoms with Crippen molar-refractivity contribution in [3.05, 3.63) is 35.4 Å². The van der Waals surface area contributed by atoms with Gasteiger partial charge in [-0.25, -0.2) is 4.79 Å². The van der Waals surface area contributed by atoms with Crippen molar-refractivity contribution >= 4 is 17.5 Å². The first kappa shape index (κ1) is 14.7. The molecule has 0 fully saturated rings. The number of ether oxygens (including phenoxy) is 1. The largest absolute Gasteiger partial charge is 0.508 e. The molecule has 0 radical (unpaired) electrons. The molecule has 0 unspecified atom stereocenters. The lowest BCUT2D eigenvalue weighted by molar-refractivity contribution is -0.113. The summed E-state index contributed by atoms with van der Waals surface area (Å²) in [7, 11) is 1.69. The van der Waals surface area contributed by atoms with Gasteiger partial charge in [0.25, 0.3) is 0 Å². The van der Waals surface area contributed by atoms with E-state index in [1.807, 2.05) is 0 Å². The molecular weight excluding hydrogens is 248 g/mol. The van der Waals surface area contributed by atoms with Gasteiger partial charge in [0.2, 0.25) is 0 Å². The van der Waals surface area contributed by atoms with E-state index in [1.54, 1.807) is 29.9 Å². The molecule has 0 amide bonds. The van der Waals surface area contributed by atoms with Crippen LogP contribution in [0, 0.1) is 5.41 Å². The van der Waals surface area contributed by atoms with Crippen molar-refractivity contribution in [1.29, 1.82) is 5.41 Å². The summed E-state index contributed by atoms with van der Waals surface area (Å²) in [5.41, 5.74) is 0.142. The second-order valence-corrected chi connectivity index (χ2v) is 4.08. The molecule has 19 heavy (non-hydrogen) atoms. The molecule has 1 heterocycles. The van der Waals surface area contributed by atoms with Crippen LogP contribution in [-0.2, 0) is 16.6 Å². The van der Waals surface area contributed by atoms with Crippen molar-refractivity contribution in [2.45, 2.75) is 13.8 Å². The van der Waals surface area contributed by atoms with Gasteiger partial charge >= 0.3 is 5.97 Å². The van der Waals surface area contributed by atoms with E-state index >= 15 is 0 Å². The minimum atomic E-state index is -0.607. The third-order valence-corrected chi connectivity index (χ3v) is 2.51. The number of Topliss-reactive ketones (excluding diaryl/α,β-unsaturated/α-hetero) is 1. The summed E-state index contributed by atoms with van der Waals surface area (Å²) < 4.78 is 6.47. The van der Waals surface area contributed by atoms with Gasteiger partial charge in [0.05, 0.1) is 5.57 Å². The average Bonchev–Trinajstić information content (AvgIpc) is 2.71. The Balaban J connectivity index is 2.79. The Morgan fingerprint density at radius 1 is 1.42 bits per heavy atom. The highest BCUT2D eigenvalue weighted by molar-refractivity contribution is 6.19. The standard InChI is InChI=1S/C13H16N2O4/c1-8(14)12(9(2)16)11(17)7-19-13(18)10-5-4-6-15(10)3/h4-6,14,17H,7H2,1-3H3/b12-11-,14-8?. The first-order valence-electron chi connectivity index (χ1n) is 5.61. The summed E-state index contributed by atoms with van der Waals surface area (Å²) in [6.45, 7) is 2.18. The van der Waals surface area contributed by atoms with E-state index in [-0.39, 0.29) is 11.3 Å². The Morgan fingerprint density at radius 2 is 2.05 bits per heavy atom. The quantitative estimate of drug-likeness (QED) is 0.366. The number of nitrogens with one attached hydrogen (secondary N) is 1. The van der Waals surface area contributed by atoms with Crippen LogP contribution in [0.5, 0.6) is 0 Å². The number of aliphatic hydroxyl groups excluding tert-OH is 1. The molecular formula is C13H16N2O4. The van der Waals surface area contributed by atoms with Gasteiger partial charge in [0.15, 0.2) is 5.78 Å². The molecule has 0 bridgehead atoms. The SMILES string of the molecule is CC(=N)/C(C(C)=O)=C(/O)COC(=O)c1cccn1C. The van der Waals surface area contributed by atoms with Gasteiger partial charge in [-0.3, -0.25) is 4.79 Å². The Hall–Kier alpha value is -2.37. The molecule has 102 valence electrons. The third-order valence-electron chi connectivity index (χ3n) is 2.51. The van der Waals surface area contributed by atoms with Crippen LogP contribution >= 0.6 is 0 Å². The van der Waals surface area contributed by atoms with Crippen LogP contribution in [0.2, 0.25) is 0 Å². The molecule has 6 heteroatoms. The van der Waals surface area contributed by atoms with Gasteiger partial charge in [-0.05, 0) is 26.0 Å². The van der Waals surface area contributed by atoms with E-state index in [1.165, 1.54) is 13.8 Å². The Morgan fingerprint density at radius 3 is 2.47 bits per heavy atom. The zero-order valence-electron chi connectivity index (χ0n) is 11.1. The first-order chi connectivity index (χ1) is 8.84. The molecule has 0 spiro atoms. The van der Waals surface area contributed by atoms with E-state index < -0.39 is 24.1 Å². The summed E-state index contributed by atoms with van der Waals surface area (Å²) in [6, 6.07) is 3.27. The second-order valence-electron chi connectivity index (χ2n) is 4.08. The molecule has 0 aliphatic rings. The Labute approximate surface area is 110 Å². The highest BCUT2D eigenvalue weighted by Crippen LogP contribution is 2.08. The average molecular weight is 264 g/mol. The molecule has 1 aromatic rings. The normalized spacial score (nSPS) is 11.7. The number of aryl methyl sites for hydroxylation is 1. The fourth-order valence-electron chi connectivity index (χ4n) is 1.64. The van der Waals surface area contributed by atoms with Crippen LogP contribution in [0.4, 0.5) is 0 Å². The lowest BCUT2D eigenvalue weighted by Gasteiger charge is -2.08. The highest BCUT2D eigenvalue weighted by Gasteiger charge is 2.16. The highest BCUT2D eigenvalue weighted by atomic mass is 16.5. The number of hydrogen-bond donors (Lipinski definition) is 2. The third kappa shape index (κ3) is 3.54. The molecule has 0 saturated heterocycles. The molecule has 0 aliphatic carbocycles. The number of ketones is 1. The van der Waals surface area contributed by atoms with Crippen LogP contribution in [-0.4, -0.2) is 33.7 Å². The van der Waals surface area contributed by atoms with Crippen molar-refractivity contribution in [3.8, 4) is 0 Å².